The second-order valence-corrected chi connectivity index (χ2v) is 8.06. The van der Waals surface area contributed by atoms with Crippen LogP contribution in [0.15, 0.2) is 12.1 Å². The van der Waals surface area contributed by atoms with Crippen molar-refractivity contribution in [3.63, 3.8) is 0 Å². The van der Waals surface area contributed by atoms with Crippen LogP contribution in [-0.2, 0) is 6.54 Å². The summed E-state index contributed by atoms with van der Waals surface area (Å²) in [5.41, 5.74) is 1.24. The highest BCUT2D eigenvalue weighted by Crippen LogP contribution is 2.40. The van der Waals surface area contributed by atoms with Crippen LogP contribution in [0.4, 0.5) is 0 Å². The highest BCUT2D eigenvalue weighted by Gasteiger charge is 2.34. The fourth-order valence-electron chi connectivity index (χ4n) is 4.29. The first-order valence-corrected chi connectivity index (χ1v) is 11.0. The molecule has 2 heterocycles. The molecule has 2 saturated heterocycles. The average Bonchev–Trinajstić information content (AvgIpc) is 2.71. The van der Waals surface area contributed by atoms with Crippen molar-refractivity contribution in [2.24, 2.45) is 5.92 Å². The molecule has 1 aromatic carbocycles. The molecule has 0 radical (unpaired) electrons. The Morgan fingerprint density at radius 1 is 0.778 bits per heavy atom. The number of nitrogens with zero attached hydrogens (tertiary/aromatic N) is 1. The molecule has 0 amide bonds. The quantitative estimate of drug-likeness (QED) is 0.516. The number of rotatable bonds is 11. The molecule has 27 heavy (non-hydrogen) atoms. The van der Waals surface area contributed by atoms with E-state index in [1.54, 1.807) is 0 Å². The lowest BCUT2D eigenvalue weighted by molar-refractivity contribution is 0.0418. The van der Waals surface area contributed by atoms with Gasteiger partial charge in [-0.1, -0.05) is 20.8 Å². The second kappa shape index (κ2) is 10.2. The van der Waals surface area contributed by atoms with Gasteiger partial charge in [0.05, 0.1) is 19.8 Å². The minimum Gasteiger partial charge on any atom is -0.493 e. The first kappa shape index (κ1) is 20.3. The zero-order valence-electron chi connectivity index (χ0n) is 17.5. The van der Waals surface area contributed by atoms with Crippen LogP contribution in [0.25, 0.3) is 0 Å². The van der Waals surface area contributed by atoms with E-state index < -0.39 is 0 Å². The molecule has 0 unspecified atom stereocenters. The van der Waals surface area contributed by atoms with Gasteiger partial charge in [-0.25, -0.2) is 0 Å². The van der Waals surface area contributed by atoms with E-state index in [0.29, 0.717) is 13.2 Å². The Kier molecular flexibility index (Phi) is 7.69. The van der Waals surface area contributed by atoms with E-state index in [1.165, 1.54) is 37.8 Å². The highest BCUT2D eigenvalue weighted by atomic mass is 16.5. The minimum atomic E-state index is 0.699. The molecule has 1 aliphatic carbocycles. The van der Waals surface area contributed by atoms with E-state index >= 15 is 0 Å². The summed E-state index contributed by atoms with van der Waals surface area (Å²) in [5, 5.41) is 0. The Morgan fingerprint density at radius 3 is 1.85 bits per heavy atom. The van der Waals surface area contributed by atoms with Gasteiger partial charge >= 0.3 is 0 Å². The van der Waals surface area contributed by atoms with Gasteiger partial charge in [-0.2, -0.15) is 0 Å². The van der Waals surface area contributed by atoms with Gasteiger partial charge in [-0.15, -0.1) is 0 Å². The van der Waals surface area contributed by atoms with Gasteiger partial charge in [0.15, 0.2) is 11.5 Å². The summed E-state index contributed by atoms with van der Waals surface area (Å²) in [6.07, 6.45) is 8.51. The smallest absolute Gasteiger partial charge is 0.164 e. The van der Waals surface area contributed by atoms with Crippen LogP contribution in [0.3, 0.4) is 0 Å². The summed E-state index contributed by atoms with van der Waals surface area (Å²) < 4.78 is 18.1. The highest BCUT2D eigenvalue weighted by molar-refractivity contribution is 5.51. The zero-order valence-corrected chi connectivity index (χ0v) is 17.5. The number of piperidine rings is 2. The third-order valence-corrected chi connectivity index (χ3v) is 5.71. The Labute approximate surface area is 165 Å². The van der Waals surface area contributed by atoms with E-state index in [9.17, 15) is 0 Å². The first-order chi connectivity index (χ1) is 13.2. The topological polar surface area (TPSA) is 30.9 Å². The summed E-state index contributed by atoms with van der Waals surface area (Å²) in [5.74, 6) is 3.54. The summed E-state index contributed by atoms with van der Waals surface area (Å²) >= 11 is 0. The van der Waals surface area contributed by atoms with Crippen molar-refractivity contribution < 1.29 is 14.2 Å². The number of hydrogen-bond acceptors (Lipinski definition) is 4. The average molecular weight is 376 g/mol. The molecular formula is C23H37NO3. The summed E-state index contributed by atoms with van der Waals surface area (Å²) in [6.45, 7) is 10.7. The van der Waals surface area contributed by atoms with Gasteiger partial charge in [0, 0.05) is 30.8 Å². The van der Waals surface area contributed by atoms with Crippen molar-refractivity contribution in [1.29, 1.82) is 0 Å². The van der Waals surface area contributed by atoms with E-state index in [4.69, 9.17) is 14.2 Å². The van der Waals surface area contributed by atoms with Gasteiger partial charge in [0.1, 0.15) is 5.75 Å². The van der Waals surface area contributed by atoms with Gasteiger partial charge in [0.25, 0.3) is 0 Å². The van der Waals surface area contributed by atoms with Crippen LogP contribution in [0.1, 0.15) is 71.3 Å². The predicted molar refractivity (Wildman–Crippen MR) is 110 cm³/mol. The third kappa shape index (κ3) is 5.31. The maximum absolute atomic E-state index is 6.13. The third-order valence-electron chi connectivity index (χ3n) is 5.71. The Bertz CT molecular complexity index is 581. The molecule has 0 N–H and O–H groups in total. The van der Waals surface area contributed by atoms with E-state index in [-0.39, 0.29) is 0 Å². The number of benzene rings is 1. The van der Waals surface area contributed by atoms with Crippen molar-refractivity contribution in [3.8, 4) is 17.2 Å². The zero-order chi connectivity index (χ0) is 19.1. The maximum Gasteiger partial charge on any atom is 0.164 e. The minimum absolute atomic E-state index is 0.699. The van der Waals surface area contributed by atoms with Crippen molar-refractivity contribution in [2.45, 2.75) is 78.3 Å². The van der Waals surface area contributed by atoms with Gasteiger partial charge in [-0.3, -0.25) is 4.90 Å². The van der Waals surface area contributed by atoms with Gasteiger partial charge in [0.2, 0.25) is 0 Å². The lowest BCUT2D eigenvalue weighted by Gasteiger charge is -2.45. The standard InChI is InChI=1S/C23H37NO3/c1-4-11-25-21-15-23(27-13-6-3)22(26-12-5-2)14-19(21)17-24-16-18-7-9-20(24)10-8-18/h14-15,18,20H,4-13,16-17H2,1-3H3. The molecule has 2 bridgehead atoms. The van der Waals surface area contributed by atoms with E-state index in [0.717, 1.165) is 61.6 Å². The molecule has 1 aromatic rings. The molecule has 0 spiro atoms. The van der Waals surface area contributed by atoms with Crippen LogP contribution in [0.2, 0.25) is 0 Å². The van der Waals surface area contributed by atoms with Crippen molar-refractivity contribution >= 4 is 0 Å². The lowest BCUT2D eigenvalue weighted by atomic mass is 9.80. The molecule has 0 atom stereocenters. The SMILES string of the molecule is CCCOc1cc(OCCC)c(OCCC)cc1CN1CC2CCC1CC2. The molecule has 4 rings (SSSR count). The van der Waals surface area contributed by atoms with Crippen molar-refractivity contribution in [2.75, 3.05) is 26.4 Å². The van der Waals surface area contributed by atoms with Crippen LogP contribution in [0, 0.1) is 5.92 Å². The molecule has 4 nitrogen and oxygen atoms in total. The summed E-state index contributed by atoms with van der Waals surface area (Å²) in [6, 6.07) is 4.98. The Morgan fingerprint density at radius 2 is 1.33 bits per heavy atom. The Balaban J connectivity index is 1.83. The van der Waals surface area contributed by atoms with Gasteiger partial charge < -0.3 is 14.2 Å². The molecule has 1 saturated carbocycles. The molecule has 3 fully saturated rings. The predicted octanol–water partition coefficient (Wildman–Crippen LogP) is 5.43. The van der Waals surface area contributed by atoms with Crippen molar-refractivity contribution in [1.82, 2.24) is 4.90 Å². The number of hydrogen-bond donors (Lipinski definition) is 0. The monoisotopic (exact) mass is 375 g/mol. The van der Waals surface area contributed by atoms with Crippen LogP contribution in [-0.4, -0.2) is 37.3 Å². The maximum atomic E-state index is 6.13. The molecule has 152 valence electrons. The summed E-state index contributed by atoms with van der Waals surface area (Å²) in [4.78, 5) is 2.67. The molecule has 4 heteroatoms. The molecule has 2 aliphatic heterocycles. The van der Waals surface area contributed by atoms with Crippen LogP contribution < -0.4 is 14.2 Å². The first-order valence-electron chi connectivity index (χ1n) is 11.0. The molecule has 3 aliphatic rings. The fourth-order valence-corrected chi connectivity index (χ4v) is 4.29. The number of fused-ring (bicyclic) bond motifs is 3. The summed E-state index contributed by atoms with van der Waals surface area (Å²) in [7, 11) is 0. The lowest BCUT2D eigenvalue weighted by Crippen LogP contribution is -2.47. The Hall–Kier alpha value is -1.42. The van der Waals surface area contributed by atoms with E-state index in [1.807, 2.05) is 0 Å². The largest absolute Gasteiger partial charge is 0.493 e. The van der Waals surface area contributed by atoms with Gasteiger partial charge in [-0.05, 0) is 56.9 Å². The van der Waals surface area contributed by atoms with E-state index in [2.05, 4.69) is 37.8 Å². The number of ether oxygens (including phenoxy) is 3. The molecule has 0 aromatic heterocycles. The second-order valence-electron chi connectivity index (χ2n) is 8.06. The fraction of sp³-hybridized carbons (Fsp3) is 0.739. The van der Waals surface area contributed by atoms with Crippen molar-refractivity contribution in [3.05, 3.63) is 17.7 Å². The molecular weight excluding hydrogens is 338 g/mol. The normalized spacial score (nSPS) is 22.0. The van der Waals surface area contributed by atoms with Crippen LogP contribution in [0.5, 0.6) is 17.2 Å². The van der Waals surface area contributed by atoms with Crippen LogP contribution >= 0.6 is 0 Å².